The number of carbonyl (C=O) groups excluding carboxylic acids is 2. The largest absolute Gasteiger partial charge is 0.274 e. The Labute approximate surface area is 197 Å². The molecule has 166 valence electrons. The molecule has 2 heterocycles. The summed E-state index contributed by atoms with van der Waals surface area (Å²) in [4.78, 5) is 30.4. The standard InChI is InChI=1S/C29H23N3O2/c1-17-16-18(2)32(30-17)29-25-22-14-8-6-12-20(22)24(21-13-7-9-15-23(21)25)26(29)27(33)31(28(29)34)19-10-4-3-5-11-19/h3-16,24-26H,1-2H3. The highest BCUT2D eigenvalue weighted by molar-refractivity contribution is 6.26. The Balaban J connectivity index is 1.62. The van der Waals surface area contributed by atoms with Crippen molar-refractivity contribution in [2.45, 2.75) is 31.2 Å². The third kappa shape index (κ3) is 2.13. The summed E-state index contributed by atoms with van der Waals surface area (Å²) in [5.74, 6) is -1.45. The number of carbonyl (C=O) groups is 2. The number of aromatic nitrogens is 2. The molecule has 4 aromatic rings. The molecule has 0 N–H and O–H groups in total. The van der Waals surface area contributed by atoms with Crippen LogP contribution in [0.25, 0.3) is 0 Å². The van der Waals surface area contributed by atoms with E-state index in [1.54, 1.807) is 0 Å². The average molecular weight is 446 g/mol. The lowest BCUT2D eigenvalue weighted by molar-refractivity contribution is -0.129. The first-order valence-corrected chi connectivity index (χ1v) is 11.7. The SMILES string of the molecule is Cc1cc(C)n(C23C(=O)N(c4ccccc4)C(=O)C2C2c4ccccc4C3c3ccccc32)n1. The molecule has 2 atom stereocenters. The van der Waals surface area contributed by atoms with Gasteiger partial charge in [0, 0.05) is 17.5 Å². The lowest BCUT2D eigenvalue weighted by atomic mass is 9.51. The molecule has 0 radical (unpaired) electrons. The molecule has 0 saturated carbocycles. The van der Waals surface area contributed by atoms with Crippen molar-refractivity contribution in [1.29, 1.82) is 0 Å². The van der Waals surface area contributed by atoms with Crippen LogP contribution in [-0.4, -0.2) is 21.6 Å². The van der Waals surface area contributed by atoms with E-state index in [9.17, 15) is 9.59 Å². The van der Waals surface area contributed by atoms with Gasteiger partial charge in [0.05, 0.1) is 17.3 Å². The van der Waals surface area contributed by atoms with E-state index < -0.39 is 11.5 Å². The second-order valence-corrected chi connectivity index (χ2v) is 9.62. The summed E-state index contributed by atoms with van der Waals surface area (Å²) in [6.07, 6.45) is 0. The van der Waals surface area contributed by atoms with Crippen molar-refractivity contribution in [2.24, 2.45) is 5.92 Å². The van der Waals surface area contributed by atoms with Crippen LogP contribution in [0.1, 0.15) is 45.5 Å². The fraction of sp³-hybridized carbons (Fsp3) is 0.207. The monoisotopic (exact) mass is 445 g/mol. The number of aryl methyl sites for hydroxylation is 2. The summed E-state index contributed by atoms with van der Waals surface area (Å²) in [6.45, 7) is 3.92. The zero-order valence-corrected chi connectivity index (χ0v) is 19.0. The Kier molecular flexibility index (Phi) is 3.74. The molecule has 2 bridgehead atoms. The van der Waals surface area contributed by atoms with Gasteiger partial charge in [-0.3, -0.25) is 14.3 Å². The summed E-state index contributed by atoms with van der Waals surface area (Å²) in [6, 6.07) is 27.9. The summed E-state index contributed by atoms with van der Waals surface area (Å²) in [7, 11) is 0. The molecule has 2 unspecified atom stereocenters. The number of anilines is 1. The Morgan fingerprint density at radius 1 is 0.765 bits per heavy atom. The maximum Gasteiger partial charge on any atom is 0.263 e. The van der Waals surface area contributed by atoms with Crippen molar-refractivity contribution in [1.82, 2.24) is 9.78 Å². The molecule has 1 aliphatic heterocycles. The molecule has 34 heavy (non-hydrogen) atoms. The van der Waals surface area contributed by atoms with Crippen LogP contribution in [0.4, 0.5) is 5.69 Å². The van der Waals surface area contributed by atoms with Crippen molar-refractivity contribution in [3.05, 3.63) is 119 Å². The van der Waals surface area contributed by atoms with Crippen molar-refractivity contribution in [3.8, 4) is 0 Å². The normalized spacial score (nSPS) is 26.4. The fourth-order valence-corrected chi connectivity index (χ4v) is 6.89. The first kappa shape index (κ1) is 19.5. The molecule has 4 aliphatic rings. The topological polar surface area (TPSA) is 55.2 Å². The number of hydrogen-bond donors (Lipinski definition) is 0. The van der Waals surface area contributed by atoms with Gasteiger partial charge >= 0.3 is 0 Å². The van der Waals surface area contributed by atoms with Crippen molar-refractivity contribution in [2.75, 3.05) is 4.90 Å². The van der Waals surface area contributed by atoms with Gasteiger partial charge in [0.15, 0.2) is 5.54 Å². The van der Waals surface area contributed by atoms with Crippen LogP contribution in [0, 0.1) is 19.8 Å². The van der Waals surface area contributed by atoms with Crippen molar-refractivity contribution >= 4 is 17.5 Å². The second kappa shape index (κ2) is 6.54. The van der Waals surface area contributed by atoms with Crippen LogP contribution in [0.2, 0.25) is 0 Å². The van der Waals surface area contributed by atoms with Crippen LogP contribution in [0.5, 0.6) is 0 Å². The highest BCUT2D eigenvalue weighted by Crippen LogP contribution is 2.66. The van der Waals surface area contributed by atoms with Gasteiger partial charge in [-0.25, -0.2) is 4.90 Å². The number of nitrogens with zero attached hydrogens (tertiary/aromatic N) is 3. The maximum absolute atomic E-state index is 14.7. The lowest BCUT2D eigenvalue weighted by Crippen LogP contribution is -2.58. The van der Waals surface area contributed by atoms with Crippen LogP contribution >= 0.6 is 0 Å². The molecular weight excluding hydrogens is 422 g/mol. The Morgan fingerprint density at radius 2 is 1.32 bits per heavy atom. The third-order valence-corrected chi connectivity index (χ3v) is 7.94. The fourth-order valence-electron chi connectivity index (χ4n) is 6.89. The molecule has 3 aliphatic carbocycles. The number of para-hydroxylation sites is 1. The van der Waals surface area contributed by atoms with E-state index in [0.717, 1.165) is 33.6 Å². The predicted molar refractivity (Wildman–Crippen MR) is 129 cm³/mol. The number of amides is 2. The van der Waals surface area contributed by atoms with E-state index in [0.29, 0.717) is 5.69 Å². The number of benzene rings is 3. The van der Waals surface area contributed by atoms with Gasteiger partial charge in [-0.15, -0.1) is 0 Å². The van der Waals surface area contributed by atoms with Gasteiger partial charge < -0.3 is 0 Å². The number of imide groups is 1. The average Bonchev–Trinajstić information content (AvgIpc) is 3.33. The van der Waals surface area contributed by atoms with Gasteiger partial charge in [-0.2, -0.15) is 5.10 Å². The Morgan fingerprint density at radius 3 is 1.88 bits per heavy atom. The zero-order valence-electron chi connectivity index (χ0n) is 19.0. The van der Waals surface area contributed by atoms with Gasteiger partial charge in [0.2, 0.25) is 5.91 Å². The Bertz CT molecular complexity index is 1460. The van der Waals surface area contributed by atoms with Gasteiger partial charge in [0.25, 0.3) is 5.91 Å². The summed E-state index contributed by atoms with van der Waals surface area (Å²) in [5.41, 5.74) is 5.71. The first-order valence-electron chi connectivity index (χ1n) is 11.7. The highest BCUT2D eigenvalue weighted by Gasteiger charge is 2.73. The molecule has 3 aromatic carbocycles. The quantitative estimate of drug-likeness (QED) is 0.421. The number of rotatable bonds is 2. The van der Waals surface area contributed by atoms with Gasteiger partial charge in [-0.1, -0.05) is 66.7 Å². The predicted octanol–water partition coefficient (Wildman–Crippen LogP) is 4.68. The van der Waals surface area contributed by atoms with Gasteiger partial charge in [-0.05, 0) is 54.3 Å². The van der Waals surface area contributed by atoms with Crippen molar-refractivity contribution < 1.29 is 9.59 Å². The summed E-state index contributed by atoms with van der Waals surface area (Å²) < 4.78 is 1.87. The first-order chi connectivity index (χ1) is 16.5. The molecule has 8 rings (SSSR count). The molecule has 2 amide bonds. The van der Waals surface area contributed by atoms with Crippen LogP contribution < -0.4 is 4.90 Å². The summed E-state index contributed by atoms with van der Waals surface area (Å²) in [5, 5.41) is 4.86. The van der Waals surface area contributed by atoms with E-state index in [1.165, 1.54) is 4.90 Å². The lowest BCUT2D eigenvalue weighted by Gasteiger charge is -2.53. The molecule has 1 fully saturated rings. The van der Waals surface area contributed by atoms with Crippen LogP contribution in [-0.2, 0) is 15.1 Å². The minimum Gasteiger partial charge on any atom is -0.274 e. The molecule has 1 aromatic heterocycles. The molecule has 5 nitrogen and oxygen atoms in total. The van der Waals surface area contributed by atoms with Crippen molar-refractivity contribution in [3.63, 3.8) is 0 Å². The molecule has 1 saturated heterocycles. The smallest absolute Gasteiger partial charge is 0.263 e. The van der Waals surface area contributed by atoms with Crippen LogP contribution in [0.15, 0.2) is 84.9 Å². The second-order valence-electron chi connectivity index (χ2n) is 9.62. The minimum atomic E-state index is -1.15. The maximum atomic E-state index is 14.7. The number of hydrogen-bond acceptors (Lipinski definition) is 3. The van der Waals surface area contributed by atoms with E-state index in [1.807, 2.05) is 79.2 Å². The molecule has 0 spiro atoms. The van der Waals surface area contributed by atoms with Gasteiger partial charge in [0.1, 0.15) is 0 Å². The van der Waals surface area contributed by atoms with E-state index in [2.05, 4.69) is 24.3 Å². The van der Waals surface area contributed by atoms with E-state index in [4.69, 9.17) is 5.10 Å². The third-order valence-electron chi connectivity index (χ3n) is 7.94. The van der Waals surface area contributed by atoms with E-state index >= 15 is 0 Å². The minimum absolute atomic E-state index is 0.150. The molecular formula is C29H23N3O2. The summed E-state index contributed by atoms with van der Waals surface area (Å²) >= 11 is 0. The zero-order chi connectivity index (χ0) is 23.2. The highest BCUT2D eigenvalue weighted by atomic mass is 16.2. The Hall–Kier alpha value is -3.99. The van der Waals surface area contributed by atoms with Crippen LogP contribution in [0.3, 0.4) is 0 Å². The molecule has 5 heteroatoms. The van der Waals surface area contributed by atoms with E-state index in [-0.39, 0.29) is 23.7 Å².